The molecular formula is C15H17F3N6O. The third-order valence-electron chi connectivity index (χ3n) is 4.83. The van der Waals surface area contributed by atoms with E-state index >= 15 is 0 Å². The summed E-state index contributed by atoms with van der Waals surface area (Å²) in [6, 6.07) is 0.160. The van der Waals surface area contributed by atoms with E-state index < -0.39 is 12.0 Å². The minimum absolute atomic E-state index is 0.00849. The molecule has 25 heavy (non-hydrogen) atoms. The number of nitrogens with zero attached hydrogens (tertiary/aromatic N) is 5. The Morgan fingerprint density at radius 2 is 1.92 bits per heavy atom. The van der Waals surface area contributed by atoms with Crippen molar-refractivity contribution in [1.29, 1.82) is 0 Å². The zero-order chi connectivity index (χ0) is 17.6. The second-order valence-electron chi connectivity index (χ2n) is 6.38. The Morgan fingerprint density at radius 3 is 2.56 bits per heavy atom. The highest BCUT2D eigenvalue weighted by Crippen LogP contribution is 2.32. The van der Waals surface area contributed by atoms with Gasteiger partial charge < -0.3 is 14.8 Å². The van der Waals surface area contributed by atoms with Gasteiger partial charge in [-0.15, -0.1) is 0 Å². The summed E-state index contributed by atoms with van der Waals surface area (Å²) >= 11 is 0. The molecule has 1 amide bonds. The summed E-state index contributed by atoms with van der Waals surface area (Å²) in [5.41, 5.74) is 0.415. The molecule has 0 saturated carbocycles. The van der Waals surface area contributed by atoms with E-state index in [-0.39, 0.29) is 23.4 Å². The molecule has 2 aromatic rings. The second kappa shape index (κ2) is 5.85. The normalized spacial score (nSPS) is 20.0. The number of fused-ring (bicyclic) bond motifs is 1. The van der Waals surface area contributed by atoms with Gasteiger partial charge in [-0.25, -0.2) is 15.0 Å². The molecule has 0 bridgehead atoms. The monoisotopic (exact) mass is 354 g/mol. The molecule has 0 spiro atoms. The maximum absolute atomic E-state index is 13.1. The van der Waals surface area contributed by atoms with Crippen LogP contribution in [0.2, 0.25) is 0 Å². The number of H-pyrrole nitrogens is 1. The van der Waals surface area contributed by atoms with Crippen molar-refractivity contribution in [2.75, 3.05) is 24.5 Å². The molecule has 2 fully saturated rings. The summed E-state index contributed by atoms with van der Waals surface area (Å²) in [5, 5.41) is 0. The van der Waals surface area contributed by atoms with Crippen LogP contribution in [0.1, 0.15) is 31.5 Å². The van der Waals surface area contributed by atoms with E-state index in [0.29, 0.717) is 37.9 Å². The van der Waals surface area contributed by atoms with Gasteiger partial charge in [0.2, 0.25) is 11.7 Å². The van der Waals surface area contributed by atoms with Crippen LogP contribution in [-0.2, 0) is 11.0 Å². The second-order valence-corrected chi connectivity index (χ2v) is 6.38. The highest BCUT2D eigenvalue weighted by molar-refractivity contribution is 5.83. The first-order chi connectivity index (χ1) is 11.9. The molecule has 2 aliphatic heterocycles. The molecule has 0 atom stereocenters. The third kappa shape index (κ3) is 2.89. The first-order valence-electron chi connectivity index (χ1n) is 8.26. The minimum Gasteiger partial charge on any atom is -0.355 e. The molecule has 2 aliphatic rings. The van der Waals surface area contributed by atoms with Gasteiger partial charge in [0, 0.05) is 32.1 Å². The summed E-state index contributed by atoms with van der Waals surface area (Å²) in [6.07, 6.45) is -0.398. The highest BCUT2D eigenvalue weighted by Gasteiger charge is 2.37. The summed E-state index contributed by atoms with van der Waals surface area (Å²) < 4.78 is 39.2. The fourth-order valence-corrected chi connectivity index (χ4v) is 3.62. The number of aromatic amines is 1. The van der Waals surface area contributed by atoms with E-state index in [1.54, 1.807) is 0 Å². The van der Waals surface area contributed by atoms with Crippen LogP contribution in [0.25, 0.3) is 11.2 Å². The number of carbonyl (C=O) groups excluding carboxylic acids is 1. The van der Waals surface area contributed by atoms with E-state index in [4.69, 9.17) is 0 Å². The van der Waals surface area contributed by atoms with Crippen LogP contribution in [0.15, 0.2) is 6.33 Å². The number of likely N-dealkylation sites (tertiary alicyclic amines) is 1. The number of alkyl halides is 3. The molecule has 2 saturated heterocycles. The molecule has 0 unspecified atom stereocenters. The Bertz CT molecular complexity index is 796. The van der Waals surface area contributed by atoms with E-state index in [1.807, 2.05) is 9.80 Å². The van der Waals surface area contributed by atoms with Crippen LogP contribution in [0.3, 0.4) is 0 Å². The summed E-state index contributed by atoms with van der Waals surface area (Å²) in [4.78, 5) is 29.5. The van der Waals surface area contributed by atoms with Gasteiger partial charge in [-0.3, -0.25) is 4.79 Å². The summed E-state index contributed by atoms with van der Waals surface area (Å²) in [6.45, 7) is 1.85. The lowest BCUT2D eigenvalue weighted by molar-refractivity contribution is -0.144. The molecule has 0 aliphatic carbocycles. The van der Waals surface area contributed by atoms with Crippen LogP contribution >= 0.6 is 0 Å². The smallest absolute Gasteiger partial charge is 0.355 e. The van der Waals surface area contributed by atoms with Crippen molar-refractivity contribution in [2.45, 2.75) is 37.9 Å². The van der Waals surface area contributed by atoms with Crippen molar-refractivity contribution in [2.24, 2.45) is 0 Å². The van der Waals surface area contributed by atoms with E-state index in [1.165, 1.54) is 6.33 Å². The molecule has 0 aromatic carbocycles. The Morgan fingerprint density at radius 1 is 1.16 bits per heavy atom. The van der Waals surface area contributed by atoms with Crippen molar-refractivity contribution < 1.29 is 18.0 Å². The third-order valence-corrected chi connectivity index (χ3v) is 4.83. The lowest BCUT2D eigenvalue weighted by atomic mass is 10.0. The average molecular weight is 354 g/mol. The maximum atomic E-state index is 13.1. The quantitative estimate of drug-likeness (QED) is 0.892. The zero-order valence-electron chi connectivity index (χ0n) is 13.4. The number of piperidine rings is 1. The number of hydrogen-bond donors (Lipinski definition) is 1. The molecule has 134 valence electrons. The first-order valence-corrected chi connectivity index (χ1v) is 8.26. The molecule has 4 rings (SSSR count). The largest absolute Gasteiger partial charge is 0.451 e. The Labute approximate surface area is 141 Å². The highest BCUT2D eigenvalue weighted by atomic mass is 19.4. The zero-order valence-corrected chi connectivity index (χ0v) is 13.4. The van der Waals surface area contributed by atoms with Gasteiger partial charge in [-0.2, -0.15) is 13.2 Å². The van der Waals surface area contributed by atoms with E-state index in [0.717, 1.165) is 13.0 Å². The number of carbonyl (C=O) groups is 1. The van der Waals surface area contributed by atoms with Crippen LogP contribution in [0.4, 0.5) is 19.0 Å². The van der Waals surface area contributed by atoms with Gasteiger partial charge in [0.05, 0.1) is 6.33 Å². The van der Waals surface area contributed by atoms with Crippen LogP contribution in [0.5, 0.6) is 0 Å². The fraction of sp³-hybridized carbons (Fsp3) is 0.600. The molecule has 2 aromatic heterocycles. The van der Waals surface area contributed by atoms with Gasteiger partial charge in [-0.05, 0) is 19.3 Å². The molecule has 7 nitrogen and oxygen atoms in total. The predicted octanol–water partition coefficient (Wildman–Crippen LogP) is 1.96. The fourth-order valence-electron chi connectivity index (χ4n) is 3.62. The Kier molecular flexibility index (Phi) is 3.77. The van der Waals surface area contributed by atoms with Crippen LogP contribution in [-0.4, -0.2) is 56.4 Å². The van der Waals surface area contributed by atoms with Crippen molar-refractivity contribution >= 4 is 22.9 Å². The van der Waals surface area contributed by atoms with Gasteiger partial charge in [0.25, 0.3) is 0 Å². The van der Waals surface area contributed by atoms with Crippen molar-refractivity contribution in [3.05, 3.63) is 12.2 Å². The minimum atomic E-state index is -4.62. The lowest BCUT2D eigenvalue weighted by Gasteiger charge is -2.37. The predicted molar refractivity (Wildman–Crippen MR) is 82.9 cm³/mol. The van der Waals surface area contributed by atoms with Crippen molar-refractivity contribution in [3.8, 4) is 0 Å². The molecule has 4 heterocycles. The number of aromatic nitrogens is 4. The van der Waals surface area contributed by atoms with Crippen molar-refractivity contribution in [3.63, 3.8) is 0 Å². The number of halogens is 3. The van der Waals surface area contributed by atoms with E-state index in [9.17, 15) is 18.0 Å². The topological polar surface area (TPSA) is 78.0 Å². The van der Waals surface area contributed by atoms with Crippen LogP contribution in [0, 0.1) is 0 Å². The van der Waals surface area contributed by atoms with Crippen LogP contribution < -0.4 is 4.90 Å². The van der Waals surface area contributed by atoms with Gasteiger partial charge >= 0.3 is 6.18 Å². The first kappa shape index (κ1) is 16.1. The number of anilines is 1. The number of hydrogen-bond acceptors (Lipinski definition) is 5. The Balaban J connectivity index is 1.58. The Hall–Kier alpha value is -2.39. The van der Waals surface area contributed by atoms with Gasteiger partial charge in [-0.1, -0.05) is 0 Å². The summed E-state index contributed by atoms with van der Waals surface area (Å²) in [7, 11) is 0. The van der Waals surface area contributed by atoms with E-state index in [2.05, 4.69) is 19.9 Å². The average Bonchev–Trinajstić information content (AvgIpc) is 3.22. The molecule has 10 heteroatoms. The van der Waals surface area contributed by atoms with Crippen molar-refractivity contribution in [1.82, 2.24) is 24.8 Å². The summed E-state index contributed by atoms with van der Waals surface area (Å²) in [5.74, 6) is -0.782. The number of amides is 1. The standard InChI is InChI=1S/C15H17F3N6O/c16-15(17,18)14-21-12-11(19-8-20-12)13(22-14)23-6-3-9(4-7-23)24-5-1-2-10(24)25/h8-9H,1-7H2,(H,19,20,21,22). The van der Waals surface area contributed by atoms with Gasteiger partial charge in [0.15, 0.2) is 11.5 Å². The molecular weight excluding hydrogens is 337 g/mol. The lowest BCUT2D eigenvalue weighted by Crippen LogP contribution is -2.45. The molecule has 0 radical (unpaired) electrons. The van der Waals surface area contributed by atoms with Gasteiger partial charge in [0.1, 0.15) is 5.52 Å². The number of nitrogens with one attached hydrogen (secondary N) is 1. The number of imidazole rings is 1. The number of rotatable bonds is 2. The molecule has 1 N–H and O–H groups in total. The SMILES string of the molecule is O=C1CCCN1C1CCN(c2nc(C(F)(F)F)nc3nc[nH]c23)CC1. The maximum Gasteiger partial charge on any atom is 0.451 e.